The molecule has 1 heterocycles. The van der Waals surface area contributed by atoms with E-state index in [0.29, 0.717) is 5.41 Å². The summed E-state index contributed by atoms with van der Waals surface area (Å²) in [5.74, 6) is 0.977. The number of hydrogen-bond donors (Lipinski definition) is 1. The average molecular weight is 265 g/mol. The molecule has 1 saturated carbocycles. The van der Waals surface area contributed by atoms with E-state index in [4.69, 9.17) is 0 Å². The molecule has 0 aromatic carbocycles. The van der Waals surface area contributed by atoms with Gasteiger partial charge >= 0.3 is 0 Å². The van der Waals surface area contributed by atoms with Crippen LogP contribution in [0.1, 0.15) is 90.9 Å². The molecule has 0 bridgehead atoms. The number of nitrogens with one attached hydrogen (secondary N) is 1. The average Bonchev–Trinajstić information content (AvgIpc) is 2.65. The van der Waals surface area contributed by atoms with Gasteiger partial charge in [0, 0.05) is 6.04 Å². The van der Waals surface area contributed by atoms with Crippen molar-refractivity contribution in [3.8, 4) is 0 Å². The first-order valence-corrected chi connectivity index (χ1v) is 8.91. The maximum atomic E-state index is 3.91. The molecule has 0 aromatic rings. The molecule has 112 valence electrons. The van der Waals surface area contributed by atoms with E-state index in [-0.39, 0.29) is 0 Å². The normalized spacial score (nSPS) is 31.6. The minimum atomic E-state index is 0.589. The van der Waals surface area contributed by atoms with E-state index in [2.05, 4.69) is 19.2 Å². The van der Waals surface area contributed by atoms with E-state index in [1.54, 1.807) is 0 Å². The fraction of sp³-hybridized carbons (Fsp3) is 1.00. The van der Waals surface area contributed by atoms with E-state index < -0.39 is 0 Å². The Morgan fingerprint density at radius 2 is 1.42 bits per heavy atom. The molecule has 1 aliphatic carbocycles. The Kier molecular flexibility index (Phi) is 6.19. The number of rotatable bonds is 1. The van der Waals surface area contributed by atoms with Crippen molar-refractivity contribution in [2.75, 3.05) is 6.54 Å². The van der Waals surface area contributed by atoms with Gasteiger partial charge in [0.25, 0.3) is 0 Å². The molecule has 19 heavy (non-hydrogen) atoms. The Labute approximate surface area is 120 Å². The highest BCUT2D eigenvalue weighted by Gasteiger charge is 2.24. The van der Waals surface area contributed by atoms with Crippen molar-refractivity contribution >= 4 is 0 Å². The van der Waals surface area contributed by atoms with Crippen LogP contribution in [-0.2, 0) is 0 Å². The summed E-state index contributed by atoms with van der Waals surface area (Å²) in [6.45, 7) is 6.21. The first-order valence-electron chi connectivity index (χ1n) is 8.91. The van der Waals surface area contributed by atoms with Crippen LogP contribution in [0.4, 0.5) is 0 Å². The molecule has 1 heteroatoms. The van der Waals surface area contributed by atoms with Crippen LogP contribution in [0.2, 0.25) is 0 Å². The van der Waals surface area contributed by atoms with Gasteiger partial charge < -0.3 is 5.32 Å². The molecule has 2 aliphatic rings. The SMILES string of the molecule is CC1(C)CCCCNC(C2CCCCCC2)CCC1. The van der Waals surface area contributed by atoms with E-state index in [1.807, 2.05) is 0 Å². The summed E-state index contributed by atoms with van der Waals surface area (Å²) in [6, 6.07) is 0.826. The molecule has 1 saturated heterocycles. The van der Waals surface area contributed by atoms with Crippen molar-refractivity contribution < 1.29 is 0 Å². The lowest BCUT2D eigenvalue weighted by molar-refractivity contribution is 0.237. The van der Waals surface area contributed by atoms with Gasteiger partial charge in [-0.3, -0.25) is 0 Å². The molecule has 0 aromatic heterocycles. The van der Waals surface area contributed by atoms with Crippen LogP contribution in [0, 0.1) is 11.3 Å². The monoisotopic (exact) mass is 265 g/mol. The van der Waals surface area contributed by atoms with Crippen molar-refractivity contribution in [2.45, 2.75) is 96.9 Å². The molecule has 1 nitrogen and oxygen atoms in total. The van der Waals surface area contributed by atoms with Crippen LogP contribution in [0.3, 0.4) is 0 Å². The van der Waals surface area contributed by atoms with Crippen molar-refractivity contribution in [3.63, 3.8) is 0 Å². The van der Waals surface area contributed by atoms with Crippen molar-refractivity contribution in [1.82, 2.24) is 5.32 Å². The summed E-state index contributed by atoms with van der Waals surface area (Å²) in [4.78, 5) is 0. The summed E-state index contributed by atoms with van der Waals surface area (Å²) in [6.07, 6.45) is 17.4. The zero-order chi connectivity index (χ0) is 13.6. The maximum Gasteiger partial charge on any atom is 0.00953 e. The first-order chi connectivity index (χ1) is 9.17. The molecular weight excluding hydrogens is 230 g/mol. The Bertz CT molecular complexity index is 238. The van der Waals surface area contributed by atoms with E-state index >= 15 is 0 Å². The predicted octanol–water partition coefficient (Wildman–Crippen LogP) is 5.30. The van der Waals surface area contributed by atoms with Crippen LogP contribution < -0.4 is 5.32 Å². The van der Waals surface area contributed by atoms with Gasteiger partial charge in [0.1, 0.15) is 0 Å². The second-order valence-electron chi connectivity index (χ2n) is 7.83. The van der Waals surface area contributed by atoms with Crippen molar-refractivity contribution in [2.24, 2.45) is 11.3 Å². The fourth-order valence-corrected chi connectivity index (χ4v) is 4.16. The second-order valence-corrected chi connectivity index (χ2v) is 7.83. The number of hydrogen-bond acceptors (Lipinski definition) is 1. The molecule has 1 unspecified atom stereocenters. The summed E-state index contributed by atoms with van der Waals surface area (Å²) in [7, 11) is 0. The fourth-order valence-electron chi connectivity index (χ4n) is 4.16. The first kappa shape index (κ1) is 15.4. The van der Waals surface area contributed by atoms with Crippen LogP contribution >= 0.6 is 0 Å². The highest BCUT2D eigenvalue weighted by molar-refractivity contribution is 4.81. The largest absolute Gasteiger partial charge is 0.314 e. The van der Waals surface area contributed by atoms with E-state index in [9.17, 15) is 0 Å². The highest BCUT2D eigenvalue weighted by Crippen LogP contribution is 2.33. The molecule has 0 radical (unpaired) electrons. The van der Waals surface area contributed by atoms with Gasteiger partial charge in [-0.15, -0.1) is 0 Å². The van der Waals surface area contributed by atoms with Gasteiger partial charge in [-0.05, 0) is 56.4 Å². The van der Waals surface area contributed by atoms with Gasteiger partial charge in [-0.2, -0.15) is 0 Å². The van der Waals surface area contributed by atoms with Crippen LogP contribution in [0.5, 0.6) is 0 Å². The summed E-state index contributed by atoms with van der Waals surface area (Å²) in [5.41, 5.74) is 0.589. The Hall–Kier alpha value is -0.0400. The second kappa shape index (κ2) is 7.67. The van der Waals surface area contributed by atoms with Gasteiger partial charge in [0.05, 0.1) is 0 Å². The topological polar surface area (TPSA) is 12.0 Å². The molecule has 0 spiro atoms. The Morgan fingerprint density at radius 1 is 0.737 bits per heavy atom. The third-order valence-corrected chi connectivity index (χ3v) is 5.52. The standard InChI is InChI=1S/C18H35N/c1-18(2)13-7-8-15-19-17(12-9-14-18)16-10-5-3-4-6-11-16/h16-17,19H,3-15H2,1-2H3. The molecule has 1 N–H and O–H groups in total. The quantitative estimate of drug-likeness (QED) is 0.635. The highest BCUT2D eigenvalue weighted by atomic mass is 14.9. The third-order valence-electron chi connectivity index (χ3n) is 5.52. The van der Waals surface area contributed by atoms with Crippen LogP contribution in [0.15, 0.2) is 0 Å². The smallest absolute Gasteiger partial charge is 0.00953 e. The van der Waals surface area contributed by atoms with E-state index in [0.717, 1.165) is 12.0 Å². The van der Waals surface area contributed by atoms with Crippen molar-refractivity contribution in [1.29, 1.82) is 0 Å². The minimum absolute atomic E-state index is 0.589. The molecule has 0 amide bonds. The zero-order valence-electron chi connectivity index (χ0n) is 13.3. The Morgan fingerprint density at radius 3 is 2.16 bits per heavy atom. The predicted molar refractivity (Wildman–Crippen MR) is 84.5 cm³/mol. The third kappa shape index (κ3) is 5.45. The minimum Gasteiger partial charge on any atom is -0.314 e. The summed E-state index contributed by atoms with van der Waals surface area (Å²) < 4.78 is 0. The van der Waals surface area contributed by atoms with Gasteiger partial charge in [0.15, 0.2) is 0 Å². The molecule has 2 rings (SSSR count). The van der Waals surface area contributed by atoms with Crippen LogP contribution in [-0.4, -0.2) is 12.6 Å². The lowest BCUT2D eigenvalue weighted by atomic mass is 9.79. The van der Waals surface area contributed by atoms with Gasteiger partial charge in [-0.1, -0.05) is 52.4 Å². The van der Waals surface area contributed by atoms with Crippen LogP contribution in [0.25, 0.3) is 0 Å². The summed E-state index contributed by atoms with van der Waals surface area (Å²) in [5, 5.41) is 3.91. The molecule has 1 aliphatic heterocycles. The lowest BCUT2D eigenvalue weighted by Gasteiger charge is -2.31. The molecular formula is C18H35N. The van der Waals surface area contributed by atoms with Crippen molar-refractivity contribution in [3.05, 3.63) is 0 Å². The van der Waals surface area contributed by atoms with E-state index in [1.165, 1.54) is 83.6 Å². The lowest BCUT2D eigenvalue weighted by Crippen LogP contribution is -2.37. The molecule has 1 atom stereocenters. The van der Waals surface area contributed by atoms with Gasteiger partial charge in [-0.25, -0.2) is 0 Å². The zero-order valence-corrected chi connectivity index (χ0v) is 13.3. The maximum absolute atomic E-state index is 3.91. The summed E-state index contributed by atoms with van der Waals surface area (Å²) >= 11 is 0. The Balaban J connectivity index is 1.87. The van der Waals surface area contributed by atoms with Gasteiger partial charge in [0.2, 0.25) is 0 Å². The molecule has 2 fully saturated rings.